The van der Waals surface area contributed by atoms with E-state index in [-0.39, 0.29) is 31.5 Å². The Hall–Kier alpha value is -5.39. The molecule has 1 aliphatic carbocycles. The van der Waals surface area contributed by atoms with E-state index in [9.17, 15) is 33.6 Å². The Balaban J connectivity index is 0.000000418. The number of carboxylic acids is 1. The maximum atomic E-state index is 12.2. The summed E-state index contributed by atoms with van der Waals surface area (Å²) in [5.41, 5.74) is 7.34. The third-order valence-electron chi connectivity index (χ3n) is 7.12. The molecule has 50 heavy (non-hydrogen) atoms. The van der Waals surface area contributed by atoms with Crippen LogP contribution in [0.5, 0.6) is 0 Å². The maximum Gasteiger partial charge on any atom is 0.329 e. The molecule has 5 amide bonds. The van der Waals surface area contributed by atoms with Crippen molar-refractivity contribution in [3.63, 3.8) is 0 Å². The highest BCUT2D eigenvalue weighted by molar-refractivity contribution is 5.94. The number of nitrogens with one attached hydrogen (secondary N) is 6. The molecule has 272 valence electrons. The van der Waals surface area contributed by atoms with Gasteiger partial charge in [-0.1, -0.05) is 48.5 Å². The third-order valence-corrected chi connectivity index (χ3v) is 7.12. The topological polar surface area (TPSA) is 240 Å². The van der Waals surface area contributed by atoms with Crippen molar-refractivity contribution in [1.82, 2.24) is 32.1 Å². The van der Waals surface area contributed by atoms with E-state index in [0.29, 0.717) is 13.1 Å². The number of rotatable bonds is 19. The van der Waals surface area contributed by atoms with E-state index >= 15 is 0 Å². The van der Waals surface area contributed by atoms with Crippen LogP contribution in [-0.4, -0.2) is 112 Å². The second-order valence-electron chi connectivity index (χ2n) is 10.9. The van der Waals surface area contributed by atoms with E-state index in [0.717, 1.165) is 0 Å². The van der Waals surface area contributed by atoms with E-state index < -0.39 is 60.9 Å². The quantitative estimate of drug-likeness (QED) is 0.0528. The van der Waals surface area contributed by atoms with Crippen molar-refractivity contribution < 1.29 is 53.0 Å². The standard InChI is InChI=1S/C18H32N6O9.C15H12O2/c1-10(16(29)21-6-5-20-13(25)8-33-19-4)23-18(31)12(3)24-17(30)11(2)22-14(26)7-32-9-15(27)28;16-10-17-9-15-13-7-3-1-5-11(13)12-6-2-4-8-14(12)15/h10-12,19H,5-9H2,1-4H3,(H,20,25)(H,21,29)(H,22,26)(H,23,31)(H,24,30)(H,27,28);1-8,10,15H,9H2. The summed E-state index contributed by atoms with van der Waals surface area (Å²) in [5.74, 6) is -3.93. The number of carboxylic acid groups (broad SMARTS) is 1. The van der Waals surface area contributed by atoms with Gasteiger partial charge in [0.05, 0.1) is 0 Å². The second-order valence-corrected chi connectivity index (χ2v) is 10.9. The van der Waals surface area contributed by atoms with Crippen molar-refractivity contribution in [3.8, 4) is 11.1 Å². The number of hydrogen-bond acceptors (Lipinski definition) is 11. The largest absolute Gasteiger partial charge is 0.480 e. The highest BCUT2D eigenvalue weighted by Gasteiger charge is 2.28. The van der Waals surface area contributed by atoms with Crippen molar-refractivity contribution in [3.05, 3.63) is 59.7 Å². The Bertz CT molecular complexity index is 1440. The molecule has 2 aromatic rings. The average Bonchev–Trinajstić information content (AvgIpc) is 3.41. The van der Waals surface area contributed by atoms with Crippen LogP contribution in [0, 0.1) is 0 Å². The van der Waals surface area contributed by atoms with Gasteiger partial charge in [0, 0.05) is 26.1 Å². The minimum Gasteiger partial charge on any atom is -0.480 e. The van der Waals surface area contributed by atoms with Gasteiger partial charge in [-0.05, 0) is 43.0 Å². The molecule has 17 nitrogen and oxygen atoms in total. The van der Waals surface area contributed by atoms with Crippen LogP contribution in [0.15, 0.2) is 48.5 Å². The van der Waals surface area contributed by atoms with Gasteiger partial charge in [-0.15, -0.1) is 0 Å². The van der Waals surface area contributed by atoms with Crippen LogP contribution in [0.25, 0.3) is 11.1 Å². The summed E-state index contributed by atoms with van der Waals surface area (Å²) in [6.45, 7) is 4.06. The Kier molecular flexibility index (Phi) is 17.6. The molecule has 3 unspecified atom stereocenters. The molecular formula is C33H44N6O11. The van der Waals surface area contributed by atoms with E-state index in [2.05, 4.69) is 65.9 Å². The molecule has 3 atom stereocenters. The minimum atomic E-state index is -1.24. The summed E-state index contributed by atoms with van der Waals surface area (Å²) in [7, 11) is 1.51. The van der Waals surface area contributed by atoms with E-state index in [1.165, 1.54) is 50.1 Å². The Morgan fingerprint density at radius 3 is 1.78 bits per heavy atom. The minimum absolute atomic E-state index is 0.129. The molecule has 0 radical (unpaired) electrons. The second kappa shape index (κ2) is 21.6. The average molecular weight is 701 g/mol. The lowest BCUT2D eigenvalue weighted by molar-refractivity contribution is -0.144. The van der Waals surface area contributed by atoms with Crippen LogP contribution in [0.4, 0.5) is 0 Å². The monoisotopic (exact) mass is 700 g/mol. The Morgan fingerprint density at radius 1 is 0.720 bits per heavy atom. The normalized spacial score (nSPS) is 13.0. The summed E-state index contributed by atoms with van der Waals surface area (Å²) in [6.07, 6.45) is 0. The molecule has 0 bridgehead atoms. The first-order valence-corrected chi connectivity index (χ1v) is 15.7. The fourth-order valence-corrected chi connectivity index (χ4v) is 4.69. The number of fused-ring (bicyclic) bond motifs is 3. The molecule has 0 aromatic heterocycles. The molecule has 0 aliphatic heterocycles. The zero-order valence-corrected chi connectivity index (χ0v) is 28.3. The van der Waals surface area contributed by atoms with Crippen LogP contribution in [0.1, 0.15) is 37.8 Å². The first kappa shape index (κ1) is 40.8. The number of carbonyl (C=O) groups is 7. The molecular weight excluding hydrogens is 656 g/mol. The van der Waals surface area contributed by atoms with Crippen molar-refractivity contribution in [2.24, 2.45) is 0 Å². The summed E-state index contributed by atoms with van der Waals surface area (Å²) >= 11 is 0. The summed E-state index contributed by atoms with van der Waals surface area (Å²) in [4.78, 5) is 84.7. The van der Waals surface area contributed by atoms with Gasteiger partial charge in [-0.3, -0.25) is 33.6 Å². The molecule has 0 spiro atoms. The number of carbonyl (C=O) groups excluding carboxylic acids is 6. The van der Waals surface area contributed by atoms with Crippen molar-refractivity contribution in [1.29, 1.82) is 0 Å². The number of hydrogen-bond donors (Lipinski definition) is 7. The zero-order chi connectivity index (χ0) is 37.1. The van der Waals surface area contributed by atoms with Gasteiger partial charge in [0.15, 0.2) is 0 Å². The lowest BCUT2D eigenvalue weighted by atomic mass is 9.98. The fourth-order valence-electron chi connectivity index (χ4n) is 4.69. The summed E-state index contributed by atoms with van der Waals surface area (Å²) < 4.78 is 9.56. The number of ether oxygens (including phenoxy) is 2. The number of aliphatic carboxylic acids is 1. The molecule has 0 saturated carbocycles. The van der Waals surface area contributed by atoms with Gasteiger partial charge < -0.3 is 41.2 Å². The summed E-state index contributed by atoms with van der Waals surface area (Å²) in [6, 6.07) is 13.6. The van der Waals surface area contributed by atoms with Gasteiger partial charge in [-0.25, -0.2) is 10.3 Å². The third kappa shape index (κ3) is 13.6. The molecule has 2 aromatic carbocycles. The fraction of sp³-hybridized carbons (Fsp3) is 0.424. The van der Waals surface area contributed by atoms with E-state index in [1.54, 1.807) is 0 Å². The first-order valence-electron chi connectivity index (χ1n) is 15.7. The first-order chi connectivity index (χ1) is 23.9. The Labute approximate surface area is 289 Å². The lowest BCUT2D eigenvalue weighted by Crippen LogP contribution is -2.55. The number of amides is 5. The Morgan fingerprint density at radius 2 is 1.24 bits per heavy atom. The molecule has 7 N–H and O–H groups in total. The maximum absolute atomic E-state index is 12.2. The highest BCUT2D eigenvalue weighted by atomic mass is 16.6. The molecule has 0 heterocycles. The predicted molar refractivity (Wildman–Crippen MR) is 178 cm³/mol. The van der Waals surface area contributed by atoms with Gasteiger partial charge in [-0.2, -0.15) is 0 Å². The number of hydroxylamine groups is 1. The van der Waals surface area contributed by atoms with Crippen LogP contribution in [0.2, 0.25) is 0 Å². The van der Waals surface area contributed by atoms with Crippen molar-refractivity contribution in [2.75, 3.05) is 46.6 Å². The number of benzene rings is 2. The smallest absolute Gasteiger partial charge is 0.329 e. The van der Waals surface area contributed by atoms with Gasteiger partial charge >= 0.3 is 5.97 Å². The van der Waals surface area contributed by atoms with Gasteiger partial charge in [0.2, 0.25) is 29.5 Å². The van der Waals surface area contributed by atoms with Gasteiger partial charge in [0.25, 0.3) is 6.47 Å². The molecule has 3 rings (SSSR count). The van der Waals surface area contributed by atoms with Gasteiger partial charge in [0.1, 0.15) is 44.6 Å². The highest BCUT2D eigenvalue weighted by Crippen LogP contribution is 2.44. The molecule has 0 fully saturated rings. The molecule has 1 aliphatic rings. The van der Waals surface area contributed by atoms with Crippen LogP contribution in [-0.2, 0) is 47.9 Å². The summed E-state index contributed by atoms with van der Waals surface area (Å²) in [5, 5.41) is 20.6. The lowest BCUT2D eigenvalue weighted by Gasteiger charge is -2.20. The van der Waals surface area contributed by atoms with Crippen LogP contribution in [0.3, 0.4) is 0 Å². The molecule has 17 heteroatoms. The van der Waals surface area contributed by atoms with E-state index in [4.69, 9.17) is 9.84 Å². The van der Waals surface area contributed by atoms with Crippen LogP contribution >= 0.6 is 0 Å². The SMILES string of the molecule is CNOCC(=O)NCCNC(=O)C(C)NC(=O)C(C)NC(=O)C(C)NC(=O)COCC(=O)O.O=COCC1c2ccccc2-c2ccccc21. The van der Waals surface area contributed by atoms with Crippen molar-refractivity contribution in [2.45, 2.75) is 44.8 Å². The van der Waals surface area contributed by atoms with Crippen LogP contribution < -0.4 is 32.1 Å². The van der Waals surface area contributed by atoms with E-state index in [1.807, 2.05) is 24.3 Å². The predicted octanol–water partition coefficient (Wildman–Crippen LogP) is -1.04. The molecule has 0 saturated heterocycles. The zero-order valence-electron chi connectivity index (χ0n) is 28.3. The van der Waals surface area contributed by atoms with Crippen molar-refractivity contribution >= 4 is 42.0 Å².